The standard InChI is InChI=1S/C25H25ClN2O4S/c26-18-5-7-19(8-6-18)32-16-21-20-10-13-33-23(20)9-11-28(21)24(29)15-27(14-17-3-4-17)25(30)22-2-1-12-31-22/h1-2,5-8,10,12-13,17,21H,3-4,9,11,14-16H2/t21-/m0/s1. The van der Waals surface area contributed by atoms with Gasteiger partial charge in [-0.3, -0.25) is 9.59 Å². The Labute approximate surface area is 201 Å². The van der Waals surface area contributed by atoms with Crippen LogP contribution in [0.4, 0.5) is 0 Å². The predicted molar refractivity (Wildman–Crippen MR) is 127 cm³/mol. The van der Waals surface area contributed by atoms with E-state index in [1.54, 1.807) is 40.5 Å². The highest BCUT2D eigenvalue weighted by atomic mass is 35.5. The molecule has 0 unspecified atom stereocenters. The van der Waals surface area contributed by atoms with Crippen molar-refractivity contribution in [3.8, 4) is 5.75 Å². The van der Waals surface area contributed by atoms with Crippen LogP contribution in [0.15, 0.2) is 58.5 Å². The molecule has 1 saturated carbocycles. The van der Waals surface area contributed by atoms with Crippen molar-refractivity contribution in [3.05, 3.63) is 75.3 Å². The van der Waals surface area contributed by atoms with Gasteiger partial charge in [-0.15, -0.1) is 11.3 Å². The summed E-state index contributed by atoms with van der Waals surface area (Å²) in [6.07, 6.45) is 4.48. The molecule has 5 rings (SSSR count). The molecule has 0 bridgehead atoms. The van der Waals surface area contributed by atoms with E-state index in [1.807, 2.05) is 17.0 Å². The lowest BCUT2D eigenvalue weighted by Gasteiger charge is -2.37. The van der Waals surface area contributed by atoms with E-state index >= 15 is 0 Å². The molecule has 1 aromatic carbocycles. The maximum Gasteiger partial charge on any atom is 0.290 e. The van der Waals surface area contributed by atoms with Gasteiger partial charge >= 0.3 is 0 Å². The Morgan fingerprint density at radius 1 is 1.18 bits per heavy atom. The van der Waals surface area contributed by atoms with Crippen LogP contribution in [0.2, 0.25) is 5.02 Å². The molecular weight excluding hydrogens is 460 g/mol. The number of nitrogens with zero attached hydrogens (tertiary/aromatic N) is 2. The zero-order valence-electron chi connectivity index (χ0n) is 18.1. The van der Waals surface area contributed by atoms with Crippen LogP contribution in [0.3, 0.4) is 0 Å². The lowest BCUT2D eigenvalue weighted by Crippen LogP contribution is -2.48. The number of thiophene rings is 1. The fraction of sp³-hybridized carbons (Fsp3) is 0.360. The van der Waals surface area contributed by atoms with Gasteiger partial charge in [-0.05, 0) is 78.6 Å². The molecule has 0 N–H and O–H groups in total. The molecule has 3 heterocycles. The van der Waals surface area contributed by atoms with Crippen molar-refractivity contribution in [1.29, 1.82) is 0 Å². The normalized spacial score (nSPS) is 17.5. The van der Waals surface area contributed by atoms with Crippen molar-refractivity contribution in [1.82, 2.24) is 9.80 Å². The third-order valence-electron chi connectivity index (χ3n) is 6.16. The molecule has 1 aliphatic carbocycles. The number of ether oxygens (including phenoxy) is 1. The summed E-state index contributed by atoms with van der Waals surface area (Å²) in [6.45, 7) is 1.56. The highest BCUT2D eigenvalue weighted by molar-refractivity contribution is 7.10. The van der Waals surface area contributed by atoms with Crippen molar-refractivity contribution in [2.75, 3.05) is 26.2 Å². The van der Waals surface area contributed by atoms with Crippen molar-refractivity contribution in [2.45, 2.75) is 25.3 Å². The van der Waals surface area contributed by atoms with Crippen molar-refractivity contribution < 1.29 is 18.7 Å². The van der Waals surface area contributed by atoms with E-state index < -0.39 is 0 Å². The molecule has 2 aliphatic rings. The zero-order chi connectivity index (χ0) is 22.8. The number of carbonyl (C=O) groups excluding carboxylic acids is 2. The van der Waals surface area contributed by atoms with Gasteiger partial charge in [-0.1, -0.05) is 11.6 Å². The smallest absolute Gasteiger partial charge is 0.290 e. The van der Waals surface area contributed by atoms with E-state index in [9.17, 15) is 9.59 Å². The minimum Gasteiger partial charge on any atom is -0.491 e. The van der Waals surface area contributed by atoms with Gasteiger partial charge in [0.2, 0.25) is 5.91 Å². The summed E-state index contributed by atoms with van der Waals surface area (Å²) in [5.74, 6) is 1.13. The maximum absolute atomic E-state index is 13.5. The number of amides is 2. The van der Waals surface area contributed by atoms with Crippen LogP contribution in [0.5, 0.6) is 5.75 Å². The molecule has 2 aromatic heterocycles. The van der Waals surface area contributed by atoms with E-state index in [1.165, 1.54) is 11.1 Å². The van der Waals surface area contributed by atoms with Crippen LogP contribution in [-0.2, 0) is 11.2 Å². The van der Waals surface area contributed by atoms with Gasteiger partial charge in [-0.25, -0.2) is 0 Å². The first-order valence-electron chi connectivity index (χ1n) is 11.2. The summed E-state index contributed by atoms with van der Waals surface area (Å²) in [4.78, 5) is 31.3. The molecule has 0 saturated heterocycles. The third kappa shape index (κ3) is 5.09. The SMILES string of the molecule is O=C(c1ccco1)N(CC(=O)N1CCc2sccc2[C@@H]1COc1ccc(Cl)cc1)CC1CC1. The largest absolute Gasteiger partial charge is 0.491 e. The van der Waals surface area contributed by atoms with Crippen LogP contribution in [0.25, 0.3) is 0 Å². The first kappa shape index (κ1) is 22.0. The van der Waals surface area contributed by atoms with Crippen molar-refractivity contribution >= 4 is 34.8 Å². The Kier molecular flexibility index (Phi) is 6.42. The number of hydrogen-bond donors (Lipinski definition) is 0. The van der Waals surface area contributed by atoms with Crippen LogP contribution >= 0.6 is 22.9 Å². The zero-order valence-corrected chi connectivity index (χ0v) is 19.7. The van der Waals surface area contributed by atoms with Gasteiger partial charge < -0.3 is 19.0 Å². The summed E-state index contributed by atoms with van der Waals surface area (Å²) in [5, 5.41) is 2.71. The minimum absolute atomic E-state index is 0.0347. The van der Waals surface area contributed by atoms with E-state index in [-0.39, 0.29) is 30.2 Å². The van der Waals surface area contributed by atoms with Crippen molar-refractivity contribution in [2.24, 2.45) is 5.92 Å². The second-order valence-corrected chi connectivity index (χ2v) is 9.96. The molecule has 1 atom stereocenters. The number of carbonyl (C=O) groups is 2. The predicted octanol–water partition coefficient (Wildman–Crippen LogP) is 5.05. The summed E-state index contributed by atoms with van der Waals surface area (Å²) in [7, 11) is 0. The highest BCUT2D eigenvalue weighted by Crippen LogP contribution is 2.35. The first-order valence-corrected chi connectivity index (χ1v) is 12.4. The molecular formula is C25H25ClN2O4S. The van der Waals surface area contributed by atoms with Crippen molar-refractivity contribution in [3.63, 3.8) is 0 Å². The highest BCUT2D eigenvalue weighted by Gasteiger charge is 2.35. The van der Waals surface area contributed by atoms with E-state index in [2.05, 4.69) is 11.4 Å². The van der Waals surface area contributed by atoms with Gasteiger partial charge in [0.15, 0.2) is 5.76 Å². The third-order valence-corrected chi connectivity index (χ3v) is 7.41. The number of rotatable bonds is 8. The number of fused-ring (bicyclic) bond motifs is 1. The molecule has 172 valence electrons. The van der Waals surface area contributed by atoms with Gasteiger partial charge in [-0.2, -0.15) is 0 Å². The van der Waals surface area contributed by atoms with E-state index in [4.69, 9.17) is 20.8 Å². The Balaban J connectivity index is 1.33. The lowest BCUT2D eigenvalue weighted by atomic mass is 10.0. The molecule has 6 nitrogen and oxygen atoms in total. The van der Waals surface area contributed by atoms with E-state index in [0.717, 1.165) is 24.8 Å². The molecule has 0 radical (unpaired) electrons. The monoisotopic (exact) mass is 484 g/mol. The maximum atomic E-state index is 13.5. The molecule has 33 heavy (non-hydrogen) atoms. The second-order valence-electron chi connectivity index (χ2n) is 8.52. The quantitative estimate of drug-likeness (QED) is 0.448. The Morgan fingerprint density at radius 2 is 2.00 bits per heavy atom. The van der Waals surface area contributed by atoms with Gasteiger partial charge in [0, 0.05) is 23.0 Å². The molecule has 2 amide bonds. The van der Waals surface area contributed by atoms with Gasteiger partial charge in [0.05, 0.1) is 12.3 Å². The fourth-order valence-corrected chi connectivity index (χ4v) is 5.28. The topological polar surface area (TPSA) is 63.0 Å². The average Bonchev–Trinajstić information content (AvgIpc) is 3.27. The summed E-state index contributed by atoms with van der Waals surface area (Å²) in [6, 6.07) is 12.4. The lowest BCUT2D eigenvalue weighted by molar-refractivity contribution is -0.135. The van der Waals surface area contributed by atoms with Crippen LogP contribution in [0, 0.1) is 5.92 Å². The number of hydrogen-bond acceptors (Lipinski definition) is 5. The molecule has 3 aromatic rings. The Hall–Kier alpha value is -2.77. The van der Waals surface area contributed by atoms with Gasteiger partial charge in [0.25, 0.3) is 5.91 Å². The van der Waals surface area contributed by atoms with Crippen LogP contribution in [0.1, 0.15) is 39.9 Å². The first-order chi connectivity index (χ1) is 16.1. The molecule has 0 spiro atoms. The minimum atomic E-state index is -0.234. The fourth-order valence-electron chi connectivity index (χ4n) is 4.22. The average molecular weight is 485 g/mol. The van der Waals surface area contributed by atoms with E-state index in [0.29, 0.717) is 36.4 Å². The number of benzene rings is 1. The molecule has 8 heteroatoms. The summed E-state index contributed by atoms with van der Waals surface area (Å²) < 4.78 is 11.4. The number of halogens is 1. The van der Waals surface area contributed by atoms with Gasteiger partial charge in [0.1, 0.15) is 18.9 Å². The summed E-state index contributed by atoms with van der Waals surface area (Å²) in [5.41, 5.74) is 1.12. The summed E-state index contributed by atoms with van der Waals surface area (Å²) >= 11 is 7.70. The Morgan fingerprint density at radius 3 is 2.73 bits per heavy atom. The van der Waals surface area contributed by atoms with Crippen LogP contribution < -0.4 is 4.74 Å². The number of furan rings is 1. The van der Waals surface area contributed by atoms with Crippen LogP contribution in [-0.4, -0.2) is 47.9 Å². The molecule has 1 fully saturated rings. The molecule has 1 aliphatic heterocycles. The second kappa shape index (κ2) is 9.61. The Bertz CT molecular complexity index is 1110.